The van der Waals surface area contributed by atoms with Crippen molar-refractivity contribution in [2.75, 3.05) is 36.9 Å². The van der Waals surface area contributed by atoms with Crippen molar-refractivity contribution in [3.8, 4) is 11.5 Å². The first kappa shape index (κ1) is 22.1. The Morgan fingerprint density at radius 3 is 2.78 bits per heavy atom. The number of piperidine rings is 1. The predicted molar refractivity (Wildman–Crippen MR) is 118 cm³/mol. The molecule has 2 heterocycles. The summed E-state index contributed by atoms with van der Waals surface area (Å²) in [6, 6.07) is 11.4. The lowest BCUT2D eigenvalue weighted by Crippen LogP contribution is -2.43. The van der Waals surface area contributed by atoms with Crippen LogP contribution in [0.2, 0.25) is 0 Å². The molecule has 4 rings (SSSR count). The third-order valence-corrected chi connectivity index (χ3v) is 7.27. The largest absolute Gasteiger partial charge is 0.494 e. The third kappa shape index (κ3) is 4.71. The van der Waals surface area contributed by atoms with Gasteiger partial charge < -0.3 is 20.1 Å². The van der Waals surface area contributed by atoms with E-state index in [1.54, 1.807) is 24.3 Å². The molecule has 9 nitrogen and oxygen atoms in total. The van der Waals surface area contributed by atoms with Gasteiger partial charge in [0, 0.05) is 18.8 Å². The molecular formula is C22H25N3O6S. The van der Waals surface area contributed by atoms with Crippen molar-refractivity contribution in [1.29, 1.82) is 0 Å². The van der Waals surface area contributed by atoms with Crippen molar-refractivity contribution in [2.24, 2.45) is 5.92 Å². The first-order valence-electron chi connectivity index (χ1n) is 10.5. The van der Waals surface area contributed by atoms with E-state index in [-0.39, 0.29) is 29.9 Å². The van der Waals surface area contributed by atoms with Gasteiger partial charge in [-0.15, -0.1) is 0 Å². The van der Waals surface area contributed by atoms with Gasteiger partial charge in [0.1, 0.15) is 11.5 Å². The normalized spacial score (nSPS) is 18.8. The zero-order chi connectivity index (χ0) is 22.7. The number of hydrogen-bond acceptors (Lipinski definition) is 6. The Kier molecular flexibility index (Phi) is 6.33. The standard InChI is InChI=1S/C22H25N3O6S/c1-2-30-17-7-5-16(6-8-17)23-22(27)15-4-3-11-25(13-15)32(28,29)18-9-10-20-19(12-18)24-21(26)14-31-20/h5-10,12,15H,2-4,11,13-14H2,1H3,(H,23,27)(H,24,26)/t15-/m0/s1. The van der Waals surface area contributed by atoms with Crippen LogP contribution in [0.25, 0.3) is 0 Å². The predicted octanol–water partition coefficient (Wildman–Crippen LogP) is 2.46. The molecule has 2 aromatic carbocycles. The second-order valence-corrected chi connectivity index (χ2v) is 9.58. The number of hydrogen-bond donors (Lipinski definition) is 2. The number of rotatable bonds is 6. The van der Waals surface area contributed by atoms with Gasteiger partial charge in [-0.3, -0.25) is 9.59 Å². The summed E-state index contributed by atoms with van der Waals surface area (Å²) in [4.78, 5) is 24.4. The van der Waals surface area contributed by atoms with Gasteiger partial charge in [-0.1, -0.05) is 0 Å². The molecule has 2 aliphatic rings. The average molecular weight is 460 g/mol. The van der Waals surface area contributed by atoms with E-state index in [9.17, 15) is 18.0 Å². The second-order valence-electron chi connectivity index (χ2n) is 7.64. The van der Waals surface area contributed by atoms with E-state index < -0.39 is 15.9 Å². The first-order chi connectivity index (χ1) is 15.4. The van der Waals surface area contributed by atoms with Crippen LogP contribution in [0.15, 0.2) is 47.4 Å². The highest BCUT2D eigenvalue weighted by Crippen LogP contribution is 2.32. The molecule has 0 saturated carbocycles. The van der Waals surface area contributed by atoms with E-state index >= 15 is 0 Å². The van der Waals surface area contributed by atoms with E-state index in [0.717, 1.165) is 0 Å². The smallest absolute Gasteiger partial charge is 0.262 e. The Morgan fingerprint density at radius 1 is 1.25 bits per heavy atom. The minimum Gasteiger partial charge on any atom is -0.494 e. The zero-order valence-electron chi connectivity index (χ0n) is 17.7. The zero-order valence-corrected chi connectivity index (χ0v) is 18.5. The van der Waals surface area contributed by atoms with Crippen molar-refractivity contribution in [2.45, 2.75) is 24.7 Å². The van der Waals surface area contributed by atoms with Gasteiger partial charge in [-0.25, -0.2) is 8.42 Å². The average Bonchev–Trinajstić information content (AvgIpc) is 2.80. The van der Waals surface area contributed by atoms with E-state index in [4.69, 9.17) is 9.47 Å². The van der Waals surface area contributed by atoms with Crippen LogP contribution in [-0.2, 0) is 19.6 Å². The fourth-order valence-electron chi connectivity index (χ4n) is 3.79. The molecule has 170 valence electrons. The van der Waals surface area contributed by atoms with Crippen molar-refractivity contribution in [1.82, 2.24) is 4.31 Å². The number of anilines is 2. The molecule has 0 bridgehead atoms. The number of ether oxygens (including phenoxy) is 2. The van der Waals surface area contributed by atoms with Gasteiger partial charge in [-0.05, 0) is 62.2 Å². The Labute approximate surface area is 186 Å². The highest BCUT2D eigenvalue weighted by Gasteiger charge is 2.34. The maximum atomic E-state index is 13.2. The first-order valence-corrected chi connectivity index (χ1v) is 11.9. The molecule has 2 N–H and O–H groups in total. The van der Waals surface area contributed by atoms with Crippen LogP contribution in [0.1, 0.15) is 19.8 Å². The lowest BCUT2D eigenvalue weighted by molar-refractivity contribution is -0.121. The third-order valence-electron chi connectivity index (χ3n) is 5.41. The van der Waals surface area contributed by atoms with Crippen LogP contribution >= 0.6 is 0 Å². The molecule has 0 aliphatic carbocycles. The van der Waals surface area contributed by atoms with Crippen LogP contribution in [0.5, 0.6) is 11.5 Å². The van der Waals surface area contributed by atoms with Gasteiger partial charge in [-0.2, -0.15) is 4.31 Å². The number of carbonyl (C=O) groups is 2. The fraction of sp³-hybridized carbons (Fsp3) is 0.364. The van der Waals surface area contributed by atoms with E-state index in [1.807, 2.05) is 6.92 Å². The fourth-order valence-corrected chi connectivity index (χ4v) is 5.34. The summed E-state index contributed by atoms with van der Waals surface area (Å²) in [6.45, 7) is 2.77. The molecule has 2 aliphatic heterocycles. The van der Waals surface area contributed by atoms with E-state index in [1.165, 1.54) is 22.5 Å². The number of fused-ring (bicyclic) bond motifs is 1. The number of carbonyl (C=O) groups excluding carboxylic acids is 2. The molecule has 0 spiro atoms. The van der Waals surface area contributed by atoms with Gasteiger partial charge in [0.25, 0.3) is 5.91 Å². The van der Waals surface area contributed by atoms with Crippen LogP contribution in [0, 0.1) is 5.92 Å². The van der Waals surface area contributed by atoms with Crippen LogP contribution in [0.4, 0.5) is 11.4 Å². The molecular weight excluding hydrogens is 434 g/mol. The Balaban J connectivity index is 1.45. The Hall–Kier alpha value is -3.11. The number of nitrogens with zero attached hydrogens (tertiary/aromatic N) is 1. The Morgan fingerprint density at radius 2 is 2.03 bits per heavy atom. The molecule has 0 unspecified atom stereocenters. The summed E-state index contributed by atoms with van der Waals surface area (Å²) >= 11 is 0. The quantitative estimate of drug-likeness (QED) is 0.686. The molecule has 0 aromatic heterocycles. The van der Waals surface area contributed by atoms with E-state index in [2.05, 4.69) is 10.6 Å². The maximum Gasteiger partial charge on any atom is 0.262 e. The Bertz CT molecular complexity index is 1120. The number of nitrogens with one attached hydrogen (secondary N) is 2. The summed E-state index contributed by atoms with van der Waals surface area (Å²) in [7, 11) is -3.83. The summed E-state index contributed by atoms with van der Waals surface area (Å²) < 4.78 is 38.4. The van der Waals surface area contributed by atoms with Crippen LogP contribution in [-0.4, -0.2) is 50.8 Å². The van der Waals surface area contributed by atoms with Crippen molar-refractivity contribution >= 4 is 33.2 Å². The number of amides is 2. The molecule has 1 atom stereocenters. The molecule has 1 fully saturated rings. The molecule has 0 radical (unpaired) electrons. The highest BCUT2D eigenvalue weighted by molar-refractivity contribution is 7.89. The summed E-state index contributed by atoms with van der Waals surface area (Å²) in [6.07, 6.45) is 1.17. The topological polar surface area (TPSA) is 114 Å². The molecule has 2 aromatic rings. The summed E-state index contributed by atoms with van der Waals surface area (Å²) in [5.74, 6) is 0.115. The molecule has 10 heteroatoms. The molecule has 2 amide bonds. The minimum atomic E-state index is -3.83. The van der Waals surface area contributed by atoms with Crippen molar-refractivity contribution in [3.05, 3.63) is 42.5 Å². The van der Waals surface area contributed by atoms with Gasteiger partial charge >= 0.3 is 0 Å². The minimum absolute atomic E-state index is 0.0506. The van der Waals surface area contributed by atoms with Gasteiger partial charge in [0.2, 0.25) is 15.9 Å². The number of sulfonamides is 1. The van der Waals surface area contributed by atoms with Gasteiger partial charge in [0.05, 0.1) is 23.1 Å². The van der Waals surface area contributed by atoms with Crippen molar-refractivity contribution in [3.63, 3.8) is 0 Å². The van der Waals surface area contributed by atoms with E-state index in [0.29, 0.717) is 48.9 Å². The summed E-state index contributed by atoms with van der Waals surface area (Å²) in [5.41, 5.74) is 0.952. The molecule has 1 saturated heterocycles. The second kappa shape index (κ2) is 9.17. The van der Waals surface area contributed by atoms with Crippen molar-refractivity contribution < 1.29 is 27.5 Å². The monoisotopic (exact) mass is 459 g/mol. The van der Waals surface area contributed by atoms with Crippen LogP contribution in [0.3, 0.4) is 0 Å². The highest BCUT2D eigenvalue weighted by atomic mass is 32.2. The van der Waals surface area contributed by atoms with Gasteiger partial charge in [0.15, 0.2) is 6.61 Å². The SMILES string of the molecule is CCOc1ccc(NC(=O)[C@H]2CCCN(S(=O)(=O)c3ccc4c(c3)NC(=O)CO4)C2)cc1. The number of benzene rings is 2. The molecule has 32 heavy (non-hydrogen) atoms. The lowest BCUT2D eigenvalue weighted by Gasteiger charge is -2.31. The summed E-state index contributed by atoms with van der Waals surface area (Å²) in [5, 5.41) is 5.48. The maximum absolute atomic E-state index is 13.2. The lowest BCUT2D eigenvalue weighted by atomic mass is 9.99. The van der Waals surface area contributed by atoms with Crippen LogP contribution < -0.4 is 20.1 Å².